The number of esters is 1. The highest BCUT2D eigenvalue weighted by atomic mass is 127. The third kappa shape index (κ3) is 6.50. The SMILES string of the molecule is CC1(C)OC(C(COC(=O)c2cc([N+](=O)[O-])cc([N+](=O)[O-])c2)OC=O)C(C(F)(Br)I)O1. The van der Waals surface area contributed by atoms with Crippen LogP contribution in [0.5, 0.6) is 0 Å². The minimum atomic E-state index is -2.13. The van der Waals surface area contributed by atoms with Gasteiger partial charge in [-0.05, 0) is 52.4 Å². The molecule has 1 aliphatic heterocycles. The second kappa shape index (κ2) is 9.66. The first kappa shape index (κ1) is 25.3. The van der Waals surface area contributed by atoms with Crippen molar-refractivity contribution in [1.82, 2.24) is 0 Å². The number of carbonyl (C=O) groups is 2. The smallest absolute Gasteiger partial charge is 0.338 e. The van der Waals surface area contributed by atoms with Crippen LogP contribution in [0.25, 0.3) is 0 Å². The Morgan fingerprint density at radius 2 is 1.87 bits per heavy atom. The van der Waals surface area contributed by atoms with Gasteiger partial charge in [0.25, 0.3) is 17.8 Å². The Kier molecular flexibility index (Phi) is 7.88. The molecule has 4 atom stereocenters. The van der Waals surface area contributed by atoms with Gasteiger partial charge in [-0.2, -0.15) is 0 Å². The summed E-state index contributed by atoms with van der Waals surface area (Å²) in [7, 11) is 0. The molecule has 1 heterocycles. The van der Waals surface area contributed by atoms with Crippen LogP contribution in [0.2, 0.25) is 0 Å². The summed E-state index contributed by atoms with van der Waals surface area (Å²) in [6, 6.07) is 2.27. The first-order valence-corrected chi connectivity index (χ1v) is 10.2. The molecule has 12 nitrogen and oxygen atoms in total. The zero-order valence-corrected chi connectivity index (χ0v) is 19.6. The lowest BCUT2D eigenvalue weighted by Gasteiger charge is -2.27. The van der Waals surface area contributed by atoms with Gasteiger partial charge < -0.3 is 18.9 Å². The fourth-order valence-electron chi connectivity index (χ4n) is 2.76. The maximum absolute atomic E-state index is 14.5. The standard InChI is InChI=1S/C16H15BrFIN2O10/c1-15(2)30-12(13(31-15)16(17,18)19)11(29-7-22)6-28-14(23)8-3-9(20(24)25)5-10(4-8)21(26)27/h3-5,7,11-13H,6H2,1-2H3. The number of rotatable bonds is 9. The van der Waals surface area contributed by atoms with E-state index in [4.69, 9.17) is 18.9 Å². The second-order valence-corrected chi connectivity index (χ2v) is 10.9. The van der Waals surface area contributed by atoms with Crippen LogP contribution >= 0.6 is 38.5 Å². The Morgan fingerprint density at radius 3 is 2.32 bits per heavy atom. The number of benzene rings is 1. The van der Waals surface area contributed by atoms with Crippen LogP contribution in [-0.4, -0.2) is 55.6 Å². The first-order chi connectivity index (χ1) is 14.2. The molecule has 1 aliphatic rings. The number of halogens is 3. The van der Waals surface area contributed by atoms with E-state index in [0.29, 0.717) is 6.07 Å². The highest BCUT2D eigenvalue weighted by Gasteiger charge is 2.55. The van der Waals surface area contributed by atoms with E-state index in [1.165, 1.54) is 36.4 Å². The summed E-state index contributed by atoms with van der Waals surface area (Å²) in [5.74, 6) is -2.42. The van der Waals surface area contributed by atoms with Gasteiger partial charge in [0.1, 0.15) is 18.8 Å². The van der Waals surface area contributed by atoms with E-state index < -0.39 is 66.0 Å². The Morgan fingerprint density at radius 1 is 1.32 bits per heavy atom. The first-order valence-electron chi connectivity index (χ1n) is 8.37. The highest BCUT2D eigenvalue weighted by molar-refractivity contribution is 14.1. The molecule has 1 aromatic rings. The van der Waals surface area contributed by atoms with Crippen LogP contribution in [0.15, 0.2) is 18.2 Å². The number of nitro groups is 2. The number of nitro benzene ring substituents is 2. The fraction of sp³-hybridized carbons (Fsp3) is 0.500. The molecule has 1 aromatic carbocycles. The van der Waals surface area contributed by atoms with Crippen LogP contribution in [0, 0.1) is 20.2 Å². The maximum atomic E-state index is 14.5. The lowest BCUT2D eigenvalue weighted by molar-refractivity contribution is -0.394. The lowest BCUT2D eigenvalue weighted by Crippen LogP contribution is -2.46. The summed E-state index contributed by atoms with van der Waals surface area (Å²) in [6.07, 6.45) is -3.79. The number of nitrogens with zero attached hydrogens (tertiary/aromatic N) is 2. The molecule has 15 heteroatoms. The van der Waals surface area contributed by atoms with E-state index in [-0.39, 0.29) is 6.47 Å². The summed E-state index contributed by atoms with van der Waals surface area (Å²) in [5, 5.41) is 21.9. The molecule has 0 amide bonds. The minimum Gasteiger partial charge on any atom is -0.458 e. The predicted octanol–water partition coefficient (Wildman–Crippen LogP) is 3.17. The zero-order valence-electron chi connectivity index (χ0n) is 15.9. The molecule has 0 spiro atoms. The van der Waals surface area contributed by atoms with Crippen LogP contribution in [0.3, 0.4) is 0 Å². The van der Waals surface area contributed by atoms with E-state index in [9.17, 15) is 34.2 Å². The third-order valence-electron chi connectivity index (χ3n) is 3.99. The van der Waals surface area contributed by atoms with Gasteiger partial charge in [0.05, 0.1) is 21.5 Å². The fourth-order valence-corrected chi connectivity index (χ4v) is 3.60. The van der Waals surface area contributed by atoms with Gasteiger partial charge in [-0.25, -0.2) is 9.18 Å². The van der Waals surface area contributed by atoms with Gasteiger partial charge >= 0.3 is 5.97 Å². The molecule has 2 rings (SSSR count). The molecule has 0 saturated carbocycles. The second-order valence-electron chi connectivity index (χ2n) is 6.68. The summed E-state index contributed by atoms with van der Waals surface area (Å²) in [5.41, 5.74) is -1.86. The number of ether oxygens (including phenoxy) is 4. The summed E-state index contributed by atoms with van der Waals surface area (Å²) in [6.45, 7) is 2.40. The number of carbonyl (C=O) groups excluding carboxylic acids is 2. The minimum absolute atomic E-state index is 0.0454. The molecule has 0 N–H and O–H groups in total. The molecule has 1 fully saturated rings. The quantitative estimate of drug-likeness (QED) is 0.100. The van der Waals surface area contributed by atoms with E-state index in [0.717, 1.165) is 12.1 Å². The van der Waals surface area contributed by atoms with Crippen LogP contribution in [-0.2, 0) is 23.7 Å². The van der Waals surface area contributed by atoms with Crippen molar-refractivity contribution in [3.8, 4) is 0 Å². The molecule has 0 aromatic heterocycles. The molecule has 31 heavy (non-hydrogen) atoms. The molecule has 0 radical (unpaired) electrons. The Hall–Kier alpha value is -1.98. The summed E-state index contributed by atoms with van der Waals surface area (Å²) >= 11 is 4.22. The molecular weight excluding hydrogens is 606 g/mol. The van der Waals surface area contributed by atoms with E-state index in [1.54, 1.807) is 0 Å². The van der Waals surface area contributed by atoms with Crippen molar-refractivity contribution < 1.29 is 42.8 Å². The van der Waals surface area contributed by atoms with E-state index >= 15 is 0 Å². The van der Waals surface area contributed by atoms with Crippen molar-refractivity contribution in [2.75, 3.05) is 6.61 Å². The van der Waals surface area contributed by atoms with Crippen molar-refractivity contribution in [3.63, 3.8) is 0 Å². The van der Waals surface area contributed by atoms with Crippen molar-refractivity contribution in [3.05, 3.63) is 44.0 Å². The van der Waals surface area contributed by atoms with Gasteiger partial charge in [0.2, 0.25) is 2.58 Å². The molecular formula is C16H15BrFIN2O10. The van der Waals surface area contributed by atoms with Crippen LogP contribution in [0.4, 0.5) is 15.8 Å². The van der Waals surface area contributed by atoms with Gasteiger partial charge in [-0.15, -0.1) is 0 Å². The third-order valence-corrected chi connectivity index (χ3v) is 5.05. The normalized spacial score (nSPS) is 22.7. The van der Waals surface area contributed by atoms with Gasteiger partial charge in [-0.1, -0.05) is 0 Å². The predicted molar refractivity (Wildman–Crippen MR) is 112 cm³/mol. The van der Waals surface area contributed by atoms with E-state index in [2.05, 4.69) is 15.9 Å². The number of hydrogen-bond donors (Lipinski definition) is 0. The van der Waals surface area contributed by atoms with Gasteiger partial charge in [0.15, 0.2) is 11.9 Å². The topological polar surface area (TPSA) is 157 Å². The monoisotopic (exact) mass is 620 g/mol. The van der Waals surface area contributed by atoms with Crippen molar-refractivity contribution in [1.29, 1.82) is 0 Å². The van der Waals surface area contributed by atoms with Gasteiger partial charge in [-0.3, -0.25) is 25.0 Å². The summed E-state index contributed by atoms with van der Waals surface area (Å²) in [4.78, 5) is 43.4. The molecule has 0 aliphatic carbocycles. The van der Waals surface area contributed by atoms with Crippen LogP contribution < -0.4 is 0 Å². The van der Waals surface area contributed by atoms with Crippen molar-refractivity contribution in [2.24, 2.45) is 0 Å². The van der Waals surface area contributed by atoms with Crippen molar-refractivity contribution in [2.45, 2.75) is 40.5 Å². The van der Waals surface area contributed by atoms with Crippen LogP contribution in [0.1, 0.15) is 24.2 Å². The molecule has 170 valence electrons. The number of hydrogen-bond acceptors (Lipinski definition) is 10. The number of non-ortho nitro benzene ring substituents is 2. The summed E-state index contributed by atoms with van der Waals surface area (Å²) < 4.78 is 33.4. The maximum Gasteiger partial charge on any atom is 0.338 e. The van der Waals surface area contributed by atoms with Crippen molar-refractivity contribution >= 4 is 62.3 Å². The average molecular weight is 621 g/mol. The molecule has 0 bridgehead atoms. The Balaban J connectivity index is 2.24. The Bertz CT molecular complexity index is 861. The largest absolute Gasteiger partial charge is 0.458 e. The average Bonchev–Trinajstić information content (AvgIpc) is 3.00. The zero-order chi connectivity index (χ0) is 23.6. The lowest BCUT2D eigenvalue weighted by atomic mass is 10.1. The molecule has 1 saturated heterocycles. The van der Waals surface area contributed by atoms with E-state index in [1.807, 2.05) is 0 Å². The number of alkyl halides is 3. The van der Waals surface area contributed by atoms with Gasteiger partial charge in [0, 0.05) is 12.1 Å². The Labute approximate surface area is 195 Å². The molecule has 4 unspecified atom stereocenters. The highest BCUT2D eigenvalue weighted by Crippen LogP contribution is 2.44.